The Kier molecular flexibility index (Phi) is 7.34. The number of ether oxygens (including phenoxy) is 1. The first kappa shape index (κ1) is 22.2. The van der Waals surface area contributed by atoms with Crippen molar-refractivity contribution in [2.75, 3.05) is 6.61 Å². The maximum atomic E-state index is 13.5. The van der Waals surface area contributed by atoms with Crippen molar-refractivity contribution in [1.29, 1.82) is 0 Å². The molecule has 0 radical (unpaired) electrons. The Bertz CT molecular complexity index is 1060. The summed E-state index contributed by atoms with van der Waals surface area (Å²) in [5.41, 5.74) is 3.09. The van der Waals surface area contributed by atoms with E-state index in [2.05, 4.69) is 18.9 Å². The van der Waals surface area contributed by atoms with Crippen molar-refractivity contribution in [2.45, 2.75) is 51.5 Å². The van der Waals surface area contributed by atoms with Gasteiger partial charge in [-0.1, -0.05) is 62.4 Å². The van der Waals surface area contributed by atoms with Crippen LogP contribution in [0.5, 0.6) is 5.75 Å². The molecule has 2 aliphatic rings. The van der Waals surface area contributed by atoms with Crippen molar-refractivity contribution in [2.24, 2.45) is 4.99 Å². The highest BCUT2D eigenvalue weighted by molar-refractivity contribution is 8.18. The number of aryl methyl sites for hydroxylation is 1. The number of amidine groups is 1. The zero-order chi connectivity index (χ0) is 22.3. The van der Waals surface area contributed by atoms with Gasteiger partial charge in [-0.15, -0.1) is 6.42 Å². The summed E-state index contributed by atoms with van der Waals surface area (Å²) in [7, 11) is 0. The number of carbonyl (C=O) groups excluding carboxylic acids is 1. The molecule has 0 aromatic heterocycles. The van der Waals surface area contributed by atoms with Crippen LogP contribution in [0, 0.1) is 12.3 Å². The molecule has 0 unspecified atom stereocenters. The molecule has 5 heteroatoms. The van der Waals surface area contributed by atoms with Crippen molar-refractivity contribution < 1.29 is 9.53 Å². The average Bonchev–Trinajstić information content (AvgIpc) is 3.13. The van der Waals surface area contributed by atoms with Crippen LogP contribution in [0.3, 0.4) is 0 Å². The summed E-state index contributed by atoms with van der Waals surface area (Å²) in [5, 5.41) is 0.794. The van der Waals surface area contributed by atoms with Gasteiger partial charge in [0.15, 0.2) is 5.17 Å². The van der Waals surface area contributed by atoms with Gasteiger partial charge in [-0.3, -0.25) is 9.69 Å². The summed E-state index contributed by atoms with van der Waals surface area (Å²) in [6.45, 7) is 2.37. The Morgan fingerprint density at radius 3 is 2.62 bits per heavy atom. The number of para-hydroxylation sites is 1. The normalized spacial score (nSPS) is 19.5. The van der Waals surface area contributed by atoms with Crippen molar-refractivity contribution in [1.82, 2.24) is 4.90 Å². The highest BCUT2D eigenvalue weighted by Crippen LogP contribution is 2.39. The molecule has 4 rings (SSSR count). The van der Waals surface area contributed by atoms with E-state index in [1.165, 1.54) is 23.7 Å². The number of thioether (sulfide) groups is 1. The van der Waals surface area contributed by atoms with E-state index in [0.717, 1.165) is 54.3 Å². The molecule has 1 amide bonds. The fraction of sp³-hybridized carbons (Fsp3) is 0.333. The van der Waals surface area contributed by atoms with Gasteiger partial charge in [0.2, 0.25) is 0 Å². The molecule has 0 N–H and O–H groups in total. The van der Waals surface area contributed by atoms with E-state index in [9.17, 15) is 4.79 Å². The average molecular weight is 445 g/mol. The fourth-order valence-corrected chi connectivity index (χ4v) is 5.24. The lowest BCUT2D eigenvalue weighted by Crippen LogP contribution is -2.40. The van der Waals surface area contributed by atoms with Crippen LogP contribution in [0.25, 0.3) is 6.08 Å². The maximum Gasteiger partial charge on any atom is 0.267 e. The van der Waals surface area contributed by atoms with Gasteiger partial charge in [0.25, 0.3) is 5.91 Å². The number of hydrogen-bond donors (Lipinski definition) is 0. The Hall–Kier alpha value is -2.97. The van der Waals surface area contributed by atoms with Crippen molar-refractivity contribution in [3.63, 3.8) is 0 Å². The Morgan fingerprint density at radius 2 is 1.91 bits per heavy atom. The Labute approximate surface area is 194 Å². The van der Waals surface area contributed by atoms with Gasteiger partial charge in [-0.2, -0.15) is 0 Å². The van der Waals surface area contributed by atoms with Crippen LogP contribution in [0.2, 0.25) is 0 Å². The van der Waals surface area contributed by atoms with Gasteiger partial charge in [0.1, 0.15) is 12.4 Å². The Balaban J connectivity index is 1.65. The summed E-state index contributed by atoms with van der Waals surface area (Å²) in [4.78, 5) is 21.1. The van der Waals surface area contributed by atoms with Gasteiger partial charge in [0.05, 0.1) is 10.6 Å². The number of amides is 1. The third-order valence-electron chi connectivity index (χ3n) is 5.87. The predicted molar refractivity (Wildman–Crippen MR) is 133 cm³/mol. The molecule has 1 aliphatic heterocycles. The lowest BCUT2D eigenvalue weighted by molar-refractivity contribution is -0.124. The molecule has 0 atom stereocenters. The second kappa shape index (κ2) is 10.6. The van der Waals surface area contributed by atoms with Crippen LogP contribution in [-0.2, 0) is 11.2 Å². The lowest BCUT2D eigenvalue weighted by atomic mass is 9.94. The van der Waals surface area contributed by atoms with Crippen molar-refractivity contribution in [3.05, 3.63) is 64.6 Å². The molecule has 1 saturated heterocycles. The van der Waals surface area contributed by atoms with E-state index < -0.39 is 0 Å². The molecule has 0 bridgehead atoms. The zero-order valence-electron chi connectivity index (χ0n) is 18.4. The number of rotatable bonds is 6. The quantitative estimate of drug-likeness (QED) is 0.394. The fourth-order valence-electron chi connectivity index (χ4n) is 4.18. The molecule has 4 nitrogen and oxygen atoms in total. The highest BCUT2D eigenvalue weighted by atomic mass is 32.2. The highest BCUT2D eigenvalue weighted by Gasteiger charge is 2.38. The smallest absolute Gasteiger partial charge is 0.267 e. The molecular weight excluding hydrogens is 416 g/mol. The first-order chi connectivity index (χ1) is 15.7. The molecule has 32 heavy (non-hydrogen) atoms. The lowest BCUT2D eigenvalue weighted by Gasteiger charge is -2.30. The minimum atomic E-state index is 0.0577. The molecule has 0 spiro atoms. The topological polar surface area (TPSA) is 41.9 Å². The van der Waals surface area contributed by atoms with E-state index in [-0.39, 0.29) is 18.6 Å². The second-order valence-electron chi connectivity index (χ2n) is 8.02. The van der Waals surface area contributed by atoms with Crippen LogP contribution < -0.4 is 4.74 Å². The number of nitrogens with zero attached hydrogens (tertiary/aromatic N) is 2. The van der Waals surface area contributed by atoms with Crippen molar-refractivity contribution in [3.8, 4) is 18.1 Å². The molecule has 2 aromatic rings. The molecule has 164 valence electrons. The summed E-state index contributed by atoms with van der Waals surface area (Å²) in [5.74, 6) is 3.24. The van der Waals surface area contributed by atoms with Crippen LogP contribution in [-0.4, -0.2) is 28.6 Å². The molecule has 1 saturated carbocycles. The summed E-state index contributed by atoms with van der Waals surface area (Å²) in [6.07, 6.45) is 13.7. The molecule has 2 aromatic carbocycles. The van der Waals surface area contributed by atoms with Gasteiger partial charge >= 0.3 is 0 Å². The molecular formula is C27H28N2O2S. The van der Waals surface area contributed by atoms with Gasteiger partial charge in [-0.25, -0.2) is 4.99 Å². The number of benzene rings is 2. The summed E-state index contributed by atoms with van der Waals surface area (Å²) >= 11 is 1.48. The third kappa shape index (κ3) is 5.08. The largest absolute Gasteiger partial charge is 0.481 e. The first-order valence-corrected chi connectivity index (χ1v) is 12.1. The van der Waals surface area contributed by atoms with Gasteiger partial charge < -0.3 is 4.74 Å². The Morgan fingerprint density at radius 1 is 1.16 bits per heavy atom. The number of aliphatic imine (C=N–C) groups is 1. The monoisotopic (exact) mass is 444 g/mol. The zero-order valence-corrected chi connectivity index (χ0v) is 19.2. The van der Waals surface area contributed by atoms with Gasteiger partial charge in [-0.05, 0) is 66.4 Å². The van der Waals surface area contributed by atoms with Crippen LogP contribution in [0.4, 0.5) is 5.69 Å². The van der Waals surface area contributed by atoms with E-state index in [0.29, 0.717) is 4.91 Å². The van der Waals surface area contributed by atoms with E-state index >= 15 is 0 Å². The van der Waals surface area contributed by atoms with Gasteiger partial charge in [0, 0.05) is 6.04 Å². The second-order valence-corrected chi connectivity index (χ2v) is 9.03. The van der Waals surface area contributed by atoms with E-state index in [1.807, 2.05) is 53.4 Å². The summed E-state index contributed by atoms with van der Waals surface area (Å²) < 4.78 is 5.45. The third-order valence-corrected chi connectivity index (χ3v) is 6.85. The first-order valence-electron chi connectivity index (χ1n) is 11.3. The number of hydrogen-bond acceptors (Lipinski definition) is 4. The number of carbonyl (C=O) groups is 1. The van der Waals surface area contributed by atoms with Crippen LogP contribution >= 0.6 is 11.8 Å². The molecule has 1 aliphatic carbocycles. The van der Waals surface area contributed by atoms with Crippen LogP contribution in [0.1, 0.15) is 50.2 Å². The van der Waals surface area contributed by atoms with Crippen molar-refractivity contribution >= 4 is 34.6 Å². The molecule has 1 heterocycles. The van der Waals surface area contributed by atoms with E-state index in [1.54, 1.807) is 0 Å². The standard InChI is InChI=1S/C27H28N2O2S/c1-3-18-31-23-16-14-20(15-17-23)19-25-26(30)29(22-11-6-5-7-12-22)27(32-25)28-24-13-9-8-10-21(24)4-2/h1,8-10,13-17,19,22H,4-7,11-12,18H2,2H3/b25-19+,28-27?. The minimum absolute atomic E-state index is 0.0577. The SMILES string of the molecule is C#CCOc1ccc(/C=C2/SC(=Nc3ccccc3CC)N(C3CCCCC3)C2=O)cc1. The van der Waals surface area contributed by atoms with Crippen LogP contribution in [0.15, 0.2) is 58.4 Å². The number of terminal acetylenes is 1. The van der Waals surface area contributed by atoms with E-state index in [4.69, 9.17) is 16.2 Å². The molecule has 2 fully saturated rings. The minimum Gasteiger partial charge on any atom is -0.481 e. The summed E-state index contributed by atoms with van der Waals surface area (Å²) in [6, 6.07) is 16.0. The maximum absolute atomic E-state index is 13.5. The predicted octanol–water partition coefficient (Wildman–Crippen LogP) is 6.20.